The summed E-state index contributed by atoms with van der Waals surface area (Å²) in [5, 5.41) is 7.99. The highest BCUT2D eigenvalue weighted by Gasteiger charge is 2.22. The third kappa shape index (κ3) is 3.86. The van der Waals surface area contributed by atoms with Gasteiger partial charge in [-0.25, -0.2) is 0 Å². The number of rotatable bonds is 4. The van der Waals surface area contributed by atoms with Crippen molar-refractivity contribution in [3.8, 4) is 0 Å². The van der Waals surface area contributed by atoms with Crippen molar-refractivity contribution in [1.29, 1.82) is 0 Å². The lowest BCUT2D eigenvalue weighted by Crippen LogP contribution is -2.49. The summed E-state index contributed by atoms with van der Waals surface area (Å²) in [5.74, 6) is 1.05. The number of nitrogens with one attached hydrogen (secondary N) is 1. The average Bonchev–Trinajstić information content (AvgIpc) is 3.07. The number of nitrogens with two attached hydrogens (primary N) is 1. The quantitative estimate of drug-likeness (QED) is 0.688. The standard InChI is InChI=1S/C20H26N8O/c1-13-5-4-6-16(14(13)2)23-17(29)12-27-7-9-28(10-8-27)20-24-18(21)15-11-22-26(3)19(15)25-20/h4-6,11H,7-10,12H2,1-3H3,(H,23,29)(H2,21,24,25). The molecule has 1 aliphatic rings. The van der Waals surface area contributed by atoms with E-state index >= 15 is 0 Å². The monoisotopic (exact) mass is 394 g/mol. The van der Waals surface area contributed by atoms with E-state index in [9.17, 15) is 4.79 Å². The summed E-state index contributed by atoms with van der Waals surface area (Å²) in [6.07, 6.45) is 1.68. The smallest absolute Gasteiger partial charge is 0.238 e. The molecule has 1 saturated heterocycles. The highest BCUT2D eigenvalue weighted by Crippen LogP contribution is 2.21. The zero-order chi connectivity index (χ0) is 20.5. The van der Waals surface area contributed by atoms with Crippen LogP contribution < -0.4 is 16.0 Å². The van der Waals surface area contributed by atoms with Crippen LogP contribution in [0.1, 0.15) is 11.1 Å². The molecule has 9 nitrogen and oxygen atoms in total. The first-order valence-corrected chi connectivity index (χ1v) is 9.71. The number of hydrogen-bond acceptors (Lipinski definition) is 7. The SMILES string of the molecule is Cc1cccc(NC(=O)CN2CCN(c3nc(N)c4cnn(C)c4n3)CC2)c1C. The molecule has 29 heavy (non-hydrogen) atoms. The highest BCUT2D eigenvalue weighted by atomic mass is 16.2. The van der Waals surface area contributed by atoms with Crippen LogP contribution in [0.15, 0.2) is 24.4 Å². The lowest BCUT2D eigenvalue weighted by molar-refractivity contribution is -0.117. The number of benzene rings is 1. The molecule has 0 spiro atoms. The lowest BCUT2D eigenvalue weighted by atomic mass is 10.1. The van der Waals surface area contributed by atoms with Crippen molar-refractivity contribution in [2.75, 3.05) is 48.7 Å². The van der Waals surface area contributed by atoms with Crippen LogP contribution in [0.25, 0.3) is 11.0 Å². The van der Waals surface area contributed by atoms with E-state index in [1.807, 2.05) is 39.1 Å². The summed E-state index contributed by atoms with van der Waals surface area (Å²) >= 11 is 0. The van der Waals surface area contributed by atoms with E-state index in [0.717, 1.165) is 48.5 Å². The molecule has 9 heteroatoms. The molecular weight excluding hydrogens is 368 g/mol. The average molecular weight is 394 g/mol. The third-order valence-electron chi connectivity index (χ3n) is 5.51. The molecule has 0 unspecified atom stereocenters. The van der Waals surface area contributed by atoms with Gasteiger partial charge in [0.2, 0.25) is 11.9 Å². The van der Waals surface area contributed by atoms with Gasteiger partial charge in [-0.15, -0.1) is 0 Å². The van der Waals surface area contributed by atoms with Gasteiger partial charge in [-0.3, -0.25) is 14.4 Å². The van der Waals surface area contributed by atoms with Gasteiger partial charge in [0.05, 0.1) is 18.1 Å². The Morgan fingerprint density at radius 2 is 1.93 bits per heavy atom. The molecule has 4 rings (SSSR count). The summed E-state index contributed by atoms with van der Waals surface area (Å²) < 4.78 is 1.70. The maximum Gasteiger partial charge on any atom is 0.238 e. The molecule has 1 aromatic carbocycles. The molecule has 3 heterocycles. The van der Waals surface area contributed by atoms with Gasteiger partial charge in [-0.2, -0.15) is 15.1 Å². The Hall–Kier alpha value is -3.20. The Morgan fingerprint density at radius 1 is 1.17 bits per heavy atom. The number of hydrogen-bond donors (Lipinski definition) is 2. The minimum atomic E-state index is 0.00366. The second kappa shape index (κ2) is 7.67. The van der Waals surface area contributed by atoms with E-state index in [-0.39, 0.29) is 5.91 Å². The second-order valence-corrected chi connectivity index (χ2v) is 7.47. The first-order chi connectivity index (χ1) is 13.9. The summed E-state index contributed by atoms with van der Waals surface area (Å²) in [6, 6.07) is 5.94. The predicted octanol–water partition coefficient (Wildman–Crippen LogP) is 1.32. The largest absolute Gasteiger partial charge is 0.383 e. The zero-order valence-electron chi connectivity index (χ0n) is 17.0. The molecule has 2 aromatic heterocycles. The fourth-order valence-corrected chi connectivity index (χ4v) is 3.56. The normalized spacial score (nSPS) is 15.1. The topological polar surface area (TPSA) is 105 Å². The summed E-state index contributed by atoms with van der Waals surface area (Å²) in [7, 11) is 1.84. The van der Waals surface area contributed by atoms with Crippen LogP contribution in [0.5, 0.6) is 0 Å². The van der Waals surface area contributed by atoms with Crippen molar-refractivity contribution in [2.24, 2.45) is 7.05 Å². The minimum absolute atomic E-state index is 0.00366. The fraction of sp³-hybridized carbons (Fsp3) is 0.400. The molecule has 1 amide bonds. The molecular formula is C20H26N8O. The molecule has 3 aromatic rings. The molecule has 0 aliphatic carbocycles. The number of fused-ring (bicyclic) bond motifs is 1. The van der Waals surface area contributed by atoms with Crippen molar-refractivity contribution >= 4 is 34.4 Å². The molecule has 0 saturated carbocycles. The third-order valence-corrected chi connectivity index (χ3v) is 5.51. The van der Waals surface area contributed by atoms with Crippen molar-refractivity contribution in [3.05, 3.63) is 35.5 Å². The van der Waals surface area contributed by atoms with E-state index in [1.165, 1.54) is 5.56 Å². The maximum atomic E-state index is 12.5. The van der Waals surface area contributed by atoms with Crippen LogP contribution in [0.4, 0.5) is 17.5 Å². The van der Waals surface area contributed by atoms with Gasteiger partial charge in [0.15, 0.2) is 5.65 Å². The summed E-state index contributed by atoms with van der Waals surface area (Å²) in [6.45, 7) is 7.42. The van der Waals surface area contributed by atoms with Crippen molar-refractivity contribution < 1.29 is 4.79 Å². The molecule has 0 atom stereocenters. The van der Waals surface area contributed by atoms with Crippen LogP contribution in [-0.2, 0) is 11.8 Å². The number of aryl methyl sites for hydroxylation is 2. The number of carbonyl (C=O) groups is 1. The van der Waals surface area contributed by atoms with Gasteiger partial charge >= 0.3 is 0 Å². The number of anilines is 3. The van der Waals surface area contributed by atoms with Gasteiger partial charge < -0.3 is 16.0 Å². The van der Waals surface area contributed by atoms with Gasteiger partial charge in [0, 0.05) is 38.9 Å². The number of piperazine rings is 1. The van der Waals surface area contributed by atoms with Gasteiger partial charge in [0.1, 0.15) is 5.82 Å². The van der Waals surface area contributed by atoms with Gasteiger partial charge in [-0.1, -0.05) is 12.1 Å². The van der Waals surface area contributed by atoms with E-state index < -0.39 is 0 Å². The molecule has 3 N–H and O–H groups in total. The Kier molecular flexibility index (Phi) is 5.06. The second-order valence-electron chi connectivity index (χ2n) is 7.47. The lowest BCUT2D eigenvalue weighted by Gasteiger charge is -2.34. The first kappa shape index (κ1) is 19.1. The number of amides is 1. The number of nitrogen functional groups attached to an aromatic ring is 1. The molecule has 1 aliphatic heterocycles. The molecule has 1 fully saturated rings. The molecule has 152 valence electrons. The van der Waals surface area contributed by atoms with Crippen LogP contribution in [0.2, 0.25) is 0 Å². The zero-order valence-corrected chi connectivity index (χ0v) is 17.0. The van der Waals surface area contributed by atoms with Crippen molar-refractivity contribution in [2.45, 2.75) is 13.8 Å². The van der Waals surface area contributed by atoms with Gasteiger partial charge in [0.25, 0.3) is 0 Å². The summed E-state index contributed by atoms with van der Waals surface area (Å²) in [4.78, 5) is 25.8. The number of carbonyl (C=O) groups excluding carboxylic acids is 1. The van der Waals surface area contributed by atoms with E-state index in [2.05, 4.69) is 30.2 Å². The Labute approximate surface area is 169 Å². The minimum Gasteiger partial charge on any atom is -0.383 e. The molecule has 0 bridgehead atoms. The Balaban J connectivity index is 1.36. The molecule has 0 radical (unpaired) electrons. The van der Waals surface area contributed by atoms with Crippen LogP contribution in [0, 0.1) is 13.8 Å². The predicted molar refractivity (Wildman–Crippen MR) is 114 cm³/mol. The maximum absolute atomic E-state index is 12.5. The number of nitrogens with zero attached hydrogens (tertiary/aromatic N) is 6. The van der Waals surface area contributed by atoms with Gasteiger partial charge in [-0.05, 0) is 31.0 Å². The first-order valence-electron chi connectivity index (χ1n) is 9.71. The van der Waals surface area contributed by atoms with Crippen molar-refractivity contribution in [1.82, 2.24) is 24.6 Å². The Bertz CT molecular complexity index is 1050. The van der Waals surface area contributed by atoms with E-state index in [0.29, 0.717) is 18.3 Å². The fourth-order valence-electron chi connectivity index (χ4n) is 3.56. The highest BCUT2D eigenvalue weighted by molar-refractivity contribution is 5.93. The summed E-state index contributed by atoms with van der Waals surface area (Å²) in [5.41, 5.74) is 9.94. The van der Waals surface area contributed by atoms with Crippen LogP contribution >= 0.6 is 0 Å². The van der Waals surface area contributed by atoms with E-state index in [4.69, 9.17) is 5.73 Å². The Morgan fingerprint density at radius 3 is 2.69 bits per heavy atom. The van der Waals surface area contributed by atoms with Crippen LogP contribution in [0.3, 0.4) is 0 Å². The van der Waals surface area contributed by atoms with Crippen molar-refractivity contribution in [3.63, 3.8) is 0 Å². The number of aromatic nitrogens is 4. The van der Waals surface area contributed by atoms with Crippen LogP contribution in [-0.4, -0.2) is 63.3 Å². The van der Waals surface area contributed by atoms with E-state index in [1.54, 1.807) is 10.9 Å².